The third-order valence-electron chi connectivity index (χ3n) is 2.20. The molecule has 0 N–H and O–H groups in total. The highest BCUT2D eigenvalue weighted by Gasteiger charge is 2.10. The van der Waals surface area contributed by atoms with Crippen molar-refractivity contribution in [3.63, 3.8) is 0 Å². The SMILES string of the molecule is CCSc1nnc2n(/N=C/c3ccco3)cnn12. The van der Waals surface area contributed by atoms with Gasteiger partial charge in [-0.2, -0.15) is 19.4 Å². The molecule has 8 heteroatoms. The Morgan fingerprint density at radius 1 is 1.50 bits per heavy atom. The van der Waals surface area contributed by atoms with Gasteiger partial charge in [-0.3, -0.25) is 0 Å². The Bertz CT molecular complexity index is 668. The van der Waals surface area contributed by atoms with Gasteiger partial charge in [0, 0.05) is 0 Å². The van der Waals surface area contributed by atoms with E-state index in [1.54, 1.807) is 45.8 Å². The van der Waals surface area contributed by atoms with Gasteiger partial charge in [0.15, 0.2) is 0 Å². The van der Waals surface area contributed by atoms with Gasteiger partial charge in [0.25, 0.3) is 5.78 Å². The lowest BCUT2D eigenvalue weighted by atomic mass is 10.5. The van der Waals surface area contributed by atoms with Crippen LogP contribution in [0.1, 0.15) is 12.7 Å². The second-order valence-electron chi connectivity index (χ2n) is 3.36. The van der Waals surface area contributed by atoms with E-state index in [1.165, 1.54) is 0 Å². The van der Waals surface area contributed by atoms with Crippen LogP contribution in [0.15, 0.2) is 39.4 Å². The van der Waals surface area contributed by atoms with Gasteiger partial charge < -0.3 is 4.42 Å². The molecule has 92 valence electrons. The van der Waals surface area contributed by atoms with Crippen LogP contribution in [-0.2, 0) is 0 Å². The molecule has 0 aliphatic carbocycles. The minimum absolute atomic E-state index is 0.578. The fourth-order valence-electron chi connectivity index (χ4n) is 1.44. The fraction of sp³-hybridized carbons (Fsp3) is 0.200. The molecule has 0 bridgehead atoms. The number of thioether (sulfide) groups is 1. The normalized spacial score (nSPS) is 11.8. The predicted molar refractivity (Wildman–Crippen MR) is 66.9 cm³/mol. The molecule has 3 aromatic rings. The van der Waals surface area contributed by atoms with Crippen LogP contribution >= 0.6 is 11.8 Å². The van der Waals surface area contributed by atoms with E-state index < -0.39 is 0 Å². The molecule has 0 atom stereocenters. The first-order valence-corrected chi connectivity index (χ1v) is 6.36. The van der Waals surface area contributed by atoms with Crippen molar-refractivity contribution in [2.75, 3.05) is 5.75 Å². The summed E-state index contributed by atoms with van der Waals surface area (Å²) in [5.41, 5.74) is 0. The van der Waals surface area contributed by atoms with Crippen LogP contribution in [-0.4, -0.2) is 36.5 Å². The van der Waals surface area contributed by atoms with Crippen LogP contribution in [0.3, 0.4) is 0 Å². The number of furan rings is 1. The molecular weight excluding hydrogens is 252 g/mol. The van der Waals surface area contributed by atoms with Crippen molar-refractivity contribution in [3.05, 3.63) is 30.5 Å². The van der Waals surface area contributed by atoms with Crippen LogP contribution in [0, 0.1) is 0 Å². The number of hydrogen-bond acceptors (Lipinski definition) is 6. The van der Waals surface area contributed by atoms with Crippen LogP contribution in [0.2, 0.25) is 0 Å². The van der Waals surface area contributed by atoms with Gasteiger partial charge in [-0.25, -0.2) is 0 Å². The zero-order valence-corrected chi connectivity index (χ0v) is 10.4. The highest BCUT2D eigenvalue weighted by atomic mass is 32.2. The Hall–Kier alpha value is -2.09. The van der Waals surface area contributed by atoms with Crippen molar-refractivity contribution in [3.8, 4) is 0 Å². The van der Waals surface area contributed by atoms with E-state index in [4.69, 9.17) is 4.42 Å². The highest BCUT2D eigenvalue weighted by Crippen LogP contribution is 2.15. The standard InChI is InChI=1S/C10H10N6OS/c1-2-18-10-14-13-9-15(7-12-16(9)10)11-6-8-4-3-5-17-8/h3-7H,2H2,1H3/b11-6+. The maximum Gasteiger partial charge on any atom is 0.275 e. The molecule has 3 rings (SSSR count). The Balaban J connectivity index is 1.93. The minimum atomic E-state index is 0.578. The van der Waals surface area contributed by atoms with Crippen molar-refractivity contribution in [2.45, 2.75) is 12.1 Å². The van der Waals surface area contributed by atoms with Crippen molar-refractivity contribution in [1.29, 1.82) is 0 Å². The smallest absolute Gasteiger partial charge is 0.275 e. The fourth-order valence-corrected chi connectivity index (χ4v) is 2.05. The Morgan fingerprint density at radius 2 is 2.44 bits per heavy atom. The summed E-state index contributed by atoms with van der Waals surface area (Å²) in [7, 11) is 0. The lowest BCUT2D eigenvalue weighted by molar-refractivity contribution is 0.559. The van der Waals surface area contributed by atoms with E-state index in [-0.39, 0.29) is 0 Å². The summed E-state index contributed by atoms with van der Waals surface area (Å²) in [5.74, 6) is 2.17. The summed E-state index contributed by atoms with van der Waals surface area (Å²) in [6.07, 6.45) is 4.78. The summed E-state index contributed by atoms with van der Waals surface area (Å²) in [5, 5.41) is 17.3. The van der Waals surface area contributed by atoms with Crippen LogP contribution in [0.5, 0.6) is 0 Å². The molecular formula is C10H10N6OS. The van der Waals surface area contributed by atoms with E-state index in [9.17, 15) is 0 Å². The lowest BCUT2D eigenvalue weighted by Gasteiger charge is -1.89. The first kappa shape index (κ1) is 11.0. The van der Waals surface area contributed by atoms with Crippen molar-refractivity contribution in [2.24, 2.45) is 5.10 Å². The first-order valence-electron chi connectivity index (χ1n) is 5.38. The van der Waals surface area contributed by atoms with E-state index in [2.05, 4.69) is 27.3 Å². The monoisotopic (exact) mass is 262 g/mol. The number of aromatic nitrogens is 5. The molecule has 0 aromatic carbocycles. The van der Waals surface area contributed by atoms with E-state index in [0.29, 0.717) is 11.5 Å². The summed E-state index contributed by atoms with van der Waals surface area (Å²) in [4.78, 5) is 0. The molecule has 0 spiro atoms. The van der Waals surface area contributed by atoms with Gasteiger partial charge in [0.1, 0.15) is 12.1 Å². The molecule has 3 aromatic heterocycles. The van der Waals surface area contributed by atoms with Crippen LogP contribution < -0.4 is 0 Å². The third kappa shape index (κ3) is 1.90. The highest BCUT2D eigenvalue weighted by molar-refractivity contribution is 7.99. The van der Waals surface area contributed by atoms with Gasteiger partial charge >= 0.3 is 0 Å². The largest absolute Gasteiger partial charge is 0.463 e. The summed E-state index contributed by atoms with van der Waals surface area (Å²) in [6.45, 7) is 2.05. The third-order valence-corrected chi connectivity index (χ3v) is 3.00. The molecule has 18 heavy (non-hydrogen) atoms. The zero-order chi connectivity index (χ0) is 12.4. The molecule has 0 aliphatic heterocycles. The summed E-state index contributed by atoms with van der Waals surface area (Å²) in [6, 6.07) is 3.62. The Kier molecular flexibility index (Phi) is 2.85. The summed E-state index contributed by atoms with van der Waals surface area (Å²) >= 11 is 1.58. The topological polar surface area (TPSA) is 73.5 Å². The van der Waals surface area contributed by atoms with E-state index >= 15 is 0 Å². The van der Waals surface area contributed by atoms with Crippen molar-refractivity contribution >= 4 is 23.8 Å². The number of hydrogen-bond donors (Lipinski definition) is 0. The first-order chi connectivity index (χ1) is 8.88. The number of fused-ring (bicyclic) bond motifs is 1. The molecule has 3 heterocycles. The maximum absolute atomic E-state index is 5.16. The molecule has 0 amide bonds. The molecule has 0 unspecified atom stereocenters. The second kappa shape index (κ2) is 4.65. The minimum Gasteiger partial charge on any atom is -0.463 e. The van der Waals surface area contributed by atoms with Gasteiger partial charge in [-0.15, -0.1) is 10.2 Å². The predicted octanol–water partition coefficient (Wildman–Crippen LogP) is 1.51. The second-order valence-corrected chi connectivity index (χ2v) is 4.59. The number of rotatable bonds is 4. The molecule has 0 fully saturated rings. The van der Waals surface area contributed by atoms with Gasteiger partial charge in [-0.1, -0.05) is 18.7 Å². The van der Waals surface area contributed by atoms with E-state index in [0.717, 1.165) is 10.9 Å². The zero-order valence-electron chi connectivity index (χ0n) is 9.59. The maximum atomic E-state index is 5.16. The molecule has 7 nitrogen and oxygen atoms in total. The molecule has 0 saturated heterocycles. The number of nitrogens with zero attached hydrogens (tertiary/aromatic N) is 6. The molecule has 0 saturated carbocycles. The van der Waals surface area contributed by atoms with Gasteiger partial charge in [0.2, 0.25) is 5.16 Å². The lowest BCUT2D eigenvalue weighted by Crippen LogP contribution is -1.90. The van der Waals surface area contributed by atoms with Crippen LogP contribution in [0.4, 0.5) is 0 Å². The average Bonchev–Trinajstić information content (AvgIpc) is 3.05. The molecule has 0 radical (unpaired) electrons. The summed E-state index contributed by atoms with van der Waals surface area (Å²) < 4.78 is 8.37. The van der Waals surface area contributed by atoms with Crippen molar-refractivity contribution < 1.29 is 4.42 Å². The van der Waals surface area contributed by atoms with Gasteiger partial charge in [0.05, 0.1) is 12.5 Å². The van der Waals surface area contributed by atoms with E-state index in [1.807, 2.05) is 6.07 Å². The van der Waals surface area contributed by atoms with Gasteiger partial charge in [-0.05, 0) is 17.9 Å². The quantitative estimate of drug-likeness (QED) is 0.526. The van der Waals surface area contributed by atoms with Crippen molar-refractivity contribution in [1.82, 2.24) is 24.5 Å². The molecule has 0 aliphatic rings. The Labute approximate surface area is 106 Å². The average molecular weight is 262 g/mol. The Morgan fingerprint density at radius 3 is 3.22 bits per heavy atom. The van der Waals surface area contributed by atoms with Crippen LogP contribution in [0.25, 0.3) is 5.78 Å².